The molecule has 0 atom stereocenters. The SMILES string of the molecule is c1ccc(N(c2cnn(-c3cccc(Oc4ccc5c6ccccc6n(-c6ccccn6)c5c4)c3)c2)c2ccccn2)cc1. The lowest BCUT2D eigenvalue weighted by Gasteiger charge is -2.22. The van der Waals surface area contributed by atoms with E-state index >= 15 is 0 Å². The van der Waals surface area contributed by atoms with Crippen molar-refractivity contribution in [1.82, 2.24) is 24.3 Å². The van der Waals surface area contributed by atoms with Gasteiger partial charge in [0.2, 0.25) is 0 Å². The summed E-state index contributed by atoms with van der Waals surface area (Å²) in [6, 6.07) is 44.5. The molecule has 0 aliphatic rings. The van der Waals surface area contributed by atoms with Gasteiger partial charge in [-0.1, -0.05) is 54.6 Å². The van der Waals surface area contributed by atoms with E-state index in [2.05, 4.69) is 68.0 Å². The van der Waals surface area contributed by atoms with E-state index < -0.39 is 0 Å². The van der Waals surface area contributed by atoms with Crippen LogP contribution < -0.4 is 9.64 Å². The van der Waals surface area contributed by atoms with Gasteiger partial charge in [-0.2, -0.15) is 5.10 Å². The second-order valence-corrected chi connectivity index (χ2v) is 10.3. The van der Waals surface area contributed by atoms with Crippen molar-refractivity contribution in [3.8, 4) is 23.0 Å². The Balaban J connectivity index is 1.14. The molecule has 0 amide bonds. The molecule has 0 aliphatic carbocycles. The maximum absolute atomic E-state index is 6.43. The average molecular weight is 571 g/mol. The van der Waals surface area contributed by atoms with Crippen LogP contribution in [-0.4, -0.2) is 24.3 Å². The highest BCUT2D eigenvalue weighted by atomic mass is 16.5. The Hall–Kier alpha value is -6.21. The molecule has 7 nitrogen and oxygen atoms in total. The molecule has 0 spiro atoms. The topological polar surface area (TPSA) is 61.0 Å². The molecule has 4 heterocycles. The van der Waals surface area contributed by atoms with Crippen LogP contribution >= 0.6 is 0 Å². The van der Waals surface area contributed by atoms with Gasteiger partial charge in [0.25, 0.3) is 0 Å². The largest absolute Gasteiger partial charge is 0.457 e. The number of hydrogen-bond donors (Lipinski definition) is 0. The fourth-order valence-electron chi connectivity index (χ4n) is 5.62. The number of fused-ring (bicyclic) bond motifs is 3. The Bertz CT molecular complexity index is 2170. The molecule has 4 aromatic heterocycles. The molecule has 4 aromatic carbocycles. The summed E-state index contributed by atoms with van der Waals surface area (Å²) in [5.41, 5.74) is 4.91. The standard InChI is InChI=1S/C37H26N6O/c1-2-11-27(12-3-1)42(36-17-6-8-21-38-36)29-25-40-41(26-29)28-13-10-14-30(23-28)44-31-19-20-33-32-15-4-5-16-34(32)43(35(33)24-31)37-18-7-9-22-39-37/h1-26H. The predicted octanol–water partition coefficient (Wildman–Crippen LogP) is 9.02. The summed E-state index contributed by atoms with van der Waals surface area (Å²) < 4.78 is 10.5. The van der Waals surface area contributed by atoms with Crippen LogP contribution in [0.3, 0.4) is 0 Å². The number of benzene rings is 4. The first kappa shape index (κ1) is 25.5. The second kappa shape index (κ2) is 10.9. The molecule has 0 saturated heterocycles. The number of para-hydroxylation sites is 2. The normalized spacial score (nSPS) is 11.2. The fourth-order valence-corrected chi connectivity index (χ4v) is 5.62. The fraction of sp³-hybridized carbons (Fsp3) is 0. The van der Waals surface area contributed by atoms with Crippen LogP contribution in [0.1, 0.15) is 0 Å². The molecule has 0 N–H and O–H groups in total. The summed E-state index contributed by atoms with van der Waals surface area (Å²) in [6.07, 6.45) is 7.46. The molecular formula is C37H26N6O. The third-order valence-corrected chi connectivity index (χ3v) is 7.56. The predicted molar refractivity (Wildman–Crippen MR) is 175 cm³/mol. The van der Waals surface area contributed by atoms with Gasteiger partial charge in [0.05, 0.1) is 34.8 Å². The van der Waals surface area contributed by atoms with Crippen LogP contribution in [-0.2, 0) is 0 Å². The monoisotopic (exact) mass is 570 g/mol. The van der Waals surface area contributed by atoms with Crippen molar-refractivity contribution in [1.29, 1.82) is 0 Å². The lowest BCUT2D eigenvalue weighted by molar-refractivity contribution is 0.483. The number of anilines is 3. The van der Waals surface area contributed by atoms with E-state index in [-0.39, 0.29) is 0 Å². The number of rotatable bonds is 7. The number of nitrogens with zero attached hydrogens (tertiary/aromatic N) is 6. The van der Waals surface area contributed by atoms with Crippen LogP contribution in [0.4, 0.5) is 17.2 Å². The Kier molecular flexibility index (Phi) is 6.31. The van der Waals surface area contributed by atoms with Crippen LogP contribution in [0.2, 0.25) is 0 Å². The molecule has 0 saturated carbocycles. The Morgan fingerprint density at radius 3 is 2.18 bits per heavy atom. The molecule has 0 unspecified atom stereocenters. The van der Waals surface area contributed by atoms with Gasteiger partial charge in [-0.05, 0) is 66.7 Å². The maximum atomic E-state index is 6.43. The van der Waals surface area contributed by atoms with E-state index in [1.165, 1.54) is 5.39 Å². The molecule has 7 heteroatoms. The van der Waals surface area contributed by atoms with E-state index in [0.29, 0.717) is 5.75 Å². The van der Waals surface area contributed by atoms with Crippen molar-refractivity contribution in [2.45, 2.75) is 0 Å². The van der Waals surface area contributed by atoms with E-state index in [1.807, 2.05) is 108 Å². The zero-order valence-electron chi connectivity index (χ0n) is 23.6. The molecule has 0 bridgehead atoms. The highest BCUT2D eigenvalue weighted by molar-refractivity contribution is 6.09. The van der Waals surface area contributed by atoms with Gasteiger partial charge in [0.1, 0.15) is 23.1 Å². The van der Waals surface area contributed by atoms with Crippen molar-refractivity contribution in [2.75, 3.05) is 4.90 Å². The zero-order chi connectivity index (χ0) is 29.3. The minimum Gasteiger partial charge on any atom is -0.457 e. The third kappa shape index (κ3) is 4.62. The van der Waals surface area contributed by atoms with Crippen molar-refractivity contribution < 1.29 is 4.74 Å². The average Bonchev–Trinajstić information content (AvgIpc) is 3.70. The van der Waals surface area contributed by atoms with Crippen LogP contribution in [0.15, 0.2) is 158 Å². The third-order valence-electron chi connectivity index (χ3n) is 7.56. The summed E-state index contributed by atoms with van der Waals surface area (Å²) in [7, 11) is 0. The molecule has 0 radical (unpaired) electrons. The lowest BCUT2D eigenvalue weighted by Crippen LogP contribution is -2.10. The van der Waals surface area contributed by atoms with Gasteiger partial charge >= 0.3 is 0 Å². The summed E-state index contributed by atoms with van der Waals surface area (Å²) in [6.45, 7) is 0. The van der Waals surface area contributed by atoms with Gasteiger partial charge < -0.3 is 4.74 Å². The van der Waals surface area contributed by atoms with Gasteiger partial charge in [-0.3, -0.25) is 9.47 Å². The van der Waals surface area contributed by atoms with Crippen molar-refractivity contribution in [2.24, 2.45) is 0 Å². The maximum Gasteiger partial charge on any atom is 0.137 e. The molecular weight excluding hydrogens is 544 g/mol. The molecule has 0 fully saturated rings. The molecule has 8 aromatic rings. The van der Waals surface area contributed by atoms with Gasteiger partial charge in [-0.25, -0.2) is 14.6 Å². The molecule has 0 aliphatic heterocycles. The van der Waals surface area contributed by atoms with E-state index in [0.717, 1.165) is 50.9 Å². The number of aromatic nitrogens is 5. The summed E-state index contributed by atoms with van der Waals surface area (Å²) in [5, 5.41) is 7.02. The minimum absolute atomic E-state index is 0.712. The Labute approximate surface area is 253 Å². The number of pyridine rings is 2. The van der Waals surface area contributed by atoms with Crippen LogP contribution in [0.25, 0.3) is 33.3 Å². The van der Waals surface area contributed by atoms with Gasteiger partial charge in [0, 0.05) is 41.0 Å². The van der Waals surface area contributed by atoms with Crippen molar-refractivity contribution in [3.63, 3.8) is 0 Å². The van der Waals surface area contributed by atoms with Crippen molar-refractivity contribution in [3.05, 3.63) is 158 Å². The summed E-state index contributed by atoms with van der Waals surface area (Å²) in [5.74, 6) is 3.13. The van der Waals surface area contributed by atoms with Gasteiger partial charge in [-0.15, -0.1) is 0 Å². The summed E-state index contributed by atoms with van der Waals surface area (Å²) in [4.78, 5) is 11.3. The Morgan fingerprint density at radius 1 is 0.568 bits per heavy atom. The first-order valence-corrected chi connectivity index (χ1v) is 14.4. The smallest absolute Gasteiger partial charge is 0.137 e. The Morgan fingerprint density at radius 2 is 1.34 bits per heavy atom. The van der Waals surface area contributed by atoms with E-state index in [4.69, 9.17) is 9.84 Å². The first-order valence-electron chi connectivity index (χ1n) is 14.4. The highest BCUT2D eigenvalue weighted by Gasteiger charge is 2.16. The molecule has 210 valence electrons. The number of hydrogen-bond acceptors (Lipinski definition) is 5. The quantitative estimate of drug-likeness (QED) is 0.191. The highest BCUT2D eigenvalue weighted by Crippen LogP contribution is 2.36. The molecule has 44 heavy (non-hydrogen) atoms. The first-order chi connectivity index (χ1) is 21.8. The number of ether oxygens (including phenoxy) is 1. The zero-order valence-corrected chi connectivity index (χ0v) is 23.6. The minimum atomic E-state index is 0.712. The second-order valence-electron chi connectivity index (χ2n) is 10.3. The lowest BCUT2D eigenvalue weighted by atomic mass is 10.1. The van der Waals surface area contributed by atoms with Crippen LogP contribution in [0.5, 0.6) is 11.5 Å². The van der Waals surface area contributed by atoms with E-state index in [9.17, 15) is 0 Å². The van der Waals surface area contributed by atoms with Crippen molar-refractivity contribution >= 4 is 39.0 Å². The molecule has 8 rings (SSSR count). The summed E-state index contributed by atoms with van der Waals surface area (Å²) >= 11 is 0. The van der Waals surface area contributed by atoms with Crippen LogP contribution in [0, 0.1) is 0 Å². The van der Waals surface area contributed by atoms with E-state index in [1.54, 1.807) is 6.20 Å². The van der Waals surface area contributed by atoms with Gasteiger partial charge in [0.15, 0.2) is 0 Å².